The van der Waals surface area contributed by atoms with Crippen molar-refractivity contribution in [2.45, 2.75) is 6.92 Å². The third kappa shape index (κ3) is 1.59. The minimum atomic E-state index is 0.789. The number of hydrogen-bond donors (Lipinski definition) is 0. The predicted molar refractivity (Wildman–Crippen MR) is 61.4 cm³/mol. The molecule has 0 nitrogen and oxygen atoms in total. The van der Waals surface area contributed by atoms with E-state index in [1.807, 2.05) is 6.07 Å². The van der Waals surface area contributed by atoms with E-state index in [4.69, 9.17) is 11.6 Å². The zero-order valence-corrected chi connectivity index (χ0v) is 9.48. The van der Waals surface area contributed by atoms with Gasteiger partial charge in [0.25, 0.3) is 0 Å². The molecular formula is C11H8BrCl. The Morgan fingerprint density at radius 3 is 2.69 bits per heavy atom. The lowest BCUT2D eigenvalue weighted by atomic mass is 10.1. The summed E-state index contributed by atoms with van der Waals surface area (Å²) >= 11 is 9.53. The van der Waals surface area contributed by atoms with Gasteiger partial charge in [0.15, 0.2) is 0 Å². The zero-order valence-electron chi connectivity index (χ0n) is 7.14. The van der Waals surface area contributed by atoms with E-state index in [0.717, 1.165) is 14.9 Å². The number of fused-ring (bicyclic) bond motifs is 1. The van der Waals surface area contributed by atoms with Crippen LogP contribution in [0.4, 0.5) is 0 Å². The van der Waals surface area contributed by atoms with E-state index < -0.39 is 0 Å². The number of halogens is 2. The van der Waals surface area contributed by atoms with Gasteiger partial charge in [-0.05, 0) is 34.3 Å². The van der Waals surface area contributed by atoms with Crippen LogP contribution in [0.15, 0.2) is 34.8 Å². The highest BCUT2D eigenvalue weighted by molar-refractivity contribution is 9.10. The summed E-state index contributed by atoms with van der Waals surface area (Å²) in [5.41, 5.74) is 1.26. The van der Waals surface area contributed by atoms with Crippen LogP contribution in [0.25, 0.3) is 10.8 Å². The predicted octanol–water partition coefficient (Wildman–Crippen LogP) is 4.56. The van der Waals surface area contributed by atoms with Crippen molar-refractivity contribution in [2.24, 2.45) is 0 Å². The minimum Gasteiger partial charge on any atom is -0.0824 e. The monoisotopic (exact) mass is 254 g/mol. The van der Waals surface area contributed by atoms with E-state index in [-0.39, 0.29) is 0 Å². The van der Waals surface area contributed by atoms with E-state index in [1.54, 1.807) is 0 Å². The molecule has 2 rings (SSSR count). The van der Waals surface area contributed by atoms with E-state index in [0.29, 0.717) is 0 Å². The Morgan fingerprint density at radius 1 is 1.15 bits per heavy atom. The summed E-state index contributed by atoms with van der Waals surface area (Å²) in [7, 11) is 0. The second kappa shape index (κ2) is 3.32. The van der Waals surface area contributed by atoms with Crippen molar-refractivity contribution >= 4 is 38.3 Å². The molecule has 0 N–H and O–H groups in total. The van der Waals surface area contributed by atoms with Crippen LogP contribution in [0.3, 0.4) is 0 Å². The Bertz CT molecular complexity index is 463. The van der Waals surface area contributed by atoms with Crippen molar-refractivity contribution in [1.29, 1.82) is 0 Å². The van der Waals surface area contributed by atoms with Crippen LogP contribution in [-0.4, -0.2) is 0 Å². The third-order valence-electron chi connectivity index (χ3n) is 2.06. The highest BCUT2D eigenvalue weighted by Gasteiger charge is 2.02. The summed E-state index contributed by atoms with van der Waals surface area (Å²) in [6, 6.07) is 10.3. The molecule has 2 heteroatoms. The SMILES string of the molecule is Cc1ccc2c(Cl)c(Br)ccc2c1. The number of aryl methyl sites for hydroxylation is 1. The molecule has 0 atom stereocenters. The lowest BCUT2D eigenvalue weighted by Gasteiger charge is -2.03. The molecule has 0 aliphatic heterocycles. The molecule has 0 heterocycles. The van der Waals surface area contributed by atoms with Gasteiger partial charge in [0.1, 0.15) is 0 Å². The van der Waals surface area contributed by atoms with E-state index in [1.165, 1.54) is 10.9 Å². The summed E-state index contributed by atoms with van der Waals surface area (Å²) in [4.78, 5) is 0. The van der Waals surface area contributed by atoms with Crippen molar-refractivity contribution in [3.63, 3.8) is 0 Å². The van der Waals surface area contributed by atoms with Crippen molar-refractivity contribution < 1.29 is 0 Å². The molecule has 2 aromatic carbocycles. The maximum Gasteiger partial charge on any atom is 0.0626 e. The smallest absolute Gasteiger partial charge is 0.0626 e. The lowest BCUT2D eigenvalue weighted by molar-refractivity contribution is 1.50. The van der Waals surface area contributed by atoms with Gasteiger partial charge in [-0.3, -0.25) is 0 Å². The average molecular weight is 256 g/mol. The number of hydrogen-bond acceptors (Lipinski definition) is 0. The third-order valence-corrected chi connectivity index (χ3v) is 3.36. The highest BCUT2D eigenvalue weighted by atomic mass is 79.9. The maximum atomic E-state index is 6.13. The van der Waals surface area contributed by atoms with E-state index in [9.17, 15) is 0 Å². The molecule has 0 radical (unpaired) electrons. The van der Waals surface area contributed by atoms with Crippen LogP contribution < -0.4 is 0 Å². The van der Waals surface area contributed by atoms with Gasteiger partial charge in [0.05, 0.1) is 5.02 Å². The molecule has 0 saturated heterocycles. The van der Waals surface area contributed by atoms with Crippen LogP contribution >= 0.6 is 27.5 Å². The van der Waals surface area contributed by atoms with Crippen molar-refractivity contribution in [2.75, 3.05) is 0 Å². The van der Waals surface area contributed by atoms with Crippen molar-refractivity contribution in [3.8, 4) is 0 Å². The van der Waals surface area contributed by atoms with Gasteiger partial charge >= 0.3 is 0 Å². The van der Waals surface area contributed by atoms with E-state index >= 15 is 0 Å². The molecule has 66 valence electrons. The fraction of sp³-hybridized carbons (Fsp3) is 0.0909. The molecule has 13 heavy (non-hydrogen) atoms. The molecule has 0 aromatic heterocycles. The highest BCUT2D eigenvalue weighted by Crippen LogP contribution is 2.31. The van der Waals surface area contributed by atoms with Gasteiger partial charge in [-0.2, -0.15) is 0 Å². The molecule has 0 amide bonds. The normalized spacial score (nSPS) is 10.7. The molecular weight excluding hydrogens is 247 g/mol. The van der Waals surface area contributed by atoms with Crippen LogP contribution in [0.1, 0.15) is 5.56 Å². The minimum absolute atomic E-state index is 0.789. The first-order valence-corrected chi connectivity index (χ1v) is 5.20. The first-order chi connectivity index (χ1) is 6.18. The molecule has 0 spiro atoms. The van der Waals surface area contributed by atoms with Crippen LogP contribution in [0.5, 0.6) is 0 Å². The Balaban J connectivity index is 2.87. The molecule has 0 aliphatic carbocycles. The topological polar surface area (TPSA) is 0 Å². The Labute approximate surface area is 90.6 Å². The maximum absolute atomic E-state index is 6.13. The quantitative estimate of drug-likeness (QED) is 0.647. The van der Waals surface area contributed by atoms with Gasteiger partial charge in [-0.25, -0.2) is 0 Å². The van der Waals surface area contributed by atoms with Gasteiger partial charge in [-0.1, -0.05) is 41.4 Å². The molecule has 0 unspecified atom stereocenters. The Kier molecular flexibility index (Phi) is 2.31. The molecule has 2 aromatic rings. The van der Waals surface area contributed by atoms with Gasteiger partial charge in [0.2, 0.25) is 0 Å². The largest absolute Gasteiger partial charge is 0.0824 e. The van der Waals surface area contributed by atoms with E-state index in [2.05, 4.69) is 47.1 Å². The number of rotatable bonds is 0. The molecule has 0 saturated carbocycles. The fourth-order valence-corrected chi connectivity index (χ4v) is 1.97. The fourth-order valence-electron chi connectivity index (χ4n) is 1.38. The summed E-state index contributed by atoms with van der Waals surface area (Å²) in [5.74, 6) is 0. The van der Waals surface area contributed by atoms with Crippen molar-refractivity contribution in [3.05, 3.63) is 45.4 Å². The van der Waals surface area contributed by atoms with Gasteiger partial charge < -0.3 is 0 Å². The Morgan fingerprint density at radius 2 is 1.92 bits per heavy atom. The summed E-state index contributed by atoms with van der Waals surface area (Å²) in [6.07, 6.45) is 0. The van der Waals surface area contributed by atoms with Crippen molar-refractivity contribution in [1.82, 2.24) is 0 Å². The Hall–Kier alpha value is -0.530. The van der Waals surface area contributed by atoms with Crippen LogP contribution in [0, 0.1) is 6.92 Å². The molecule has 0 bridgehead atoms. The van der Waals surface area contributed by atoms with Crippen LogP contribution in [0.2, 0.25) is 5.02 Å². The number of benzene rings is 2. The molecule has 0 fully saturated rings. The van der Waals surface area contributed by atoms with Gasteiger partial charge in [0, 0.05) is 9.86 Å². The van der Waals surface area contributed by atoms with Crippen LogP contribution in [-0.2, 0) is 0 Å². The first-order valence-electron chi connectivity index (χ1n) is 4.03. The average Bonchev–Trinajstić information content (AvgIpc) is 2.12. The lowest BCUT2D eigenvalue weighted by Crippen LogP contribution is -1.77. The second-order valence-electron chi connectivity index (χ2n) is 3.09. The first kappa shape index (κ1) is 9.04. The summed E-state index contributed by atoms with van der Waals surface area (Å²) in [5, 5.41) is 3.08. The molecule has 0 aliphatic rings. The standard InChI is InChI=1S/C11H8BrCl/c1-7-2-4-9-8(6-7)3-5-10(12)11(9)13/h2-6H,1H3. The second-order valence-corrected chi connectivity index (χ2v) is 4.32. The zero-order chi connectivity index (χ0) is 9.42. The summed E-state index contributed by atoms with van der Waals surface area (Å²) in [6.45, 7) is 2.08. The summed E-state index contributed by atoms with van der Waals surface area (Å²) < 4.78 is 0.950. The van der Waals surface area contributed by atoms with Gasteiger partial charge in [-0.15, -0.1) is 0 Å².